The minimum absolute atomic E-state index is 0.446. The number of hydrogen-bond acceptors (Lipinski definition) is 0. The fourth-order valence-corrected chi connectivity index (χ4v) is 5.18. The Morgan fingerprint density at radius 2 is 0.958 bits per heavy atom. The summed E-state index contributed by atoms with van der Waals surface area (Å²) in [4.78, 5) is 0. The molecule has 0 aliphatic heterocycles. The van der Waals surface area contributed by atoms with Gasteiger partial charge in [-0.2, -0.15) is 0 Å². The van der Waals surface area contributed by atoms with Crippen molar-refractivity contribution in [2.24, 2.45) is 0 Å². The van der Waals surface area contributed by atoms with Crippen LogP contribution in [0.5, 0.6) is 0 Å². The zero-order valence-corrected chi connectivity index (χ0v) is 16.6. The maximum Gasteiger partial charge on any atom is 0.00312 e. The van der Waals surface area contributed by atoms with Gasteiger partial charge in [-0.15, -0.1) is 0 Å². The average Bonchev–Trinajstić information content (AvgIpc) is 2.66. The monoisotopic (exact) mass is 398 g/mol. The first-order valence-electron chi connectivity index (χ1n) is 8.38. The summed E-state index contributed by atoms with van der Waals surface area (Å²) in [6.45, 7) is 2.18. The second kappa shape index (κ2) is 11.2. The molecule has 0 saturated carbocycles. The van der Waals surface area contributed by atoms with E-state index in [1.165, 1.54) is 28.8 Å². The Kier molecular flexibility index (Phi) is 8.81. The summed E-state index contributed by atoms with van der Waals surface area (Å²) in [7, 11) is -0.446. The van der Waals surface area contributed by atoms with E-state index in [1.807, 2.05) is 0 Å². The number of hydrogen-bond donors (Lipinski definition) is 0. The molecule has 0 radical (unpaired) electrons. The van der Waals surface area contributed by atoms with Crippen molar-refractivity contribution in [1.29, 1.82) is 0 Å². The molecule has 0 atom stereocenters. The van der Waals surface area contributed by atoms with Gasteiger partial charge in [0.15, 0.2) is 0 Å². The summed E-state index contributed by atoms with van der Waals surface area (Å²) >= 11 is 3.31. The van der Waals surface area contributed by atoms with E-state index in [2.05, 4.69) is 114 Å². The Bertz CT molecular complexity index is 572. The number of rotatable bonds is 5. The van der Waals surface area contributed by atoms with Gasteiger partial charge in [-0.3, -0.25) is 0 Å². The van der Waals surface area contributed by atoms with Crippen LogP contribution in [0.15, 0.2) is 91.0 Å². The van der Waals surface area contributed by atoms with Crippen LogP contribution in [0.25, 0.3) is 0 Å². The highest BCUT2D eigenvalue weighted by Crippen LogP contribution is 2.32. The van der Waals surface area contributed by atoms with Crippen LogP contribution in [-0.2, 0) is 0 Å². The van der Waals surface area contributed by atoms with Crippen LogP contribution in [0, 0.1) is 0 Å². The Balaban J connectivity index is 0.000000368. The minimum atomic E-state index is -0.446. The largest absolute Gasteiger partial charge is 0.0928 e. The Morgan fingerprint density at radius 1 is 0.625 bits per heavy atom. The molecule has 0 heterocycles. The normalized spacial score (nSPS) is 10.1. The highest BCUT2D eigenvalue weighted by atomic mass is 79.9. The summed E-state index contributed by atoms with van der Waals surface area (Å²) in [5.74, 6) is 0. The molecule has 3 aromatic rings. The van der Waals surface area contributed by atoms with Gasteiger partial charge < -0.3 is 0 Å². The molecule has 0 unspecified atom stereocenters. The predicted molar refractivity (Wildman–Crippen MR) is 114 cm³/mol. The van der Waals surface area contributed by atoms with Crippen LogP contribution in [-0.4, -0.2) is 5.33 Å². The molecule has 0 saturated heterocycles. The average molecular weight is 399 g/mol. The van der Waals surface area contributed by atoms with Crippen molar-refractivity contribution in [2.45, 2.75) is 19.8 Å². The Hall–Kier alpha value is -1.43. The molecule has 24 heavy (non-hydrogen) atoms. The lowest BCUT2D eigenvalue weighted by molar-refractivity contribution is 0.902. The van der Waals surface area contributed by atoms with Gasteiger partial charge in [-0.05, 0) is 30.3 Å². The molecule has 0 nitrogen and oxygen atoms in total. The van der Waals surface area contributed by atoms with E-state index in [1.54, 1.807) is 0 Å². The van der Waals surface area contributed by atoms with Gasteiger partial charge in [0, 0.05) is 5.33 Å². The molecule has 0 aliphatic carbocycles. The van der Waals surface area contributed by atoms with E-state index >= 15 is 0 Å². The molecule has 2 heteroatoms. The van der Waals surface area contributed by atoms with Crippen LogP contribution in [0.1, 0.15) is 19.8 Å². The number of alkyl halides is 1. The second-order valence-corrected chi connectivity index (χ2v) is 8.40. The van der Waals surface area contributed by atoms with Crippen LogP contribution in [0.4, 0.5) is 0 Å². The Labute approximate surface area is 155 Å². The van der Waals surface area contributed by atoms with Crippen LogP contribution < -0.4 is 15.9 Å². The first-order chi connectivity index (χ1) is 11.9. The molecule has 0 spiro atoms. The summed E-state index contributed by atoms with van der Waals surface area (Å²) < 4.78 is 0. The van der Waals surface area contributed by atoms with Crippen molar-refractivity contribution in [2.75, 3.05) is 5.33 Å². The number of halogens is 1. The third-order valence-electron chi connectivity index (χ3n) is 3.53. The zero-order valence-electron chi connectivity index (χ0n) is 14.1. The summed E-state index contributed by atoms with van der Waals surface area (Å²) in [5.41, 5.74) is 0. The van der Waals surface area contributed by atoms with Gasteiger partial charge >= 0.3 is 0 Å². The number of benzene rings is 3. The second-order valence-electron chi connectivity index (χ2n) is 5.38. The van der Waals surface area contributed by atoms with Crippen molar-refractivity contribution < 1.29 is 0 Å². The van der Waals surface area contributed by atoms with Gasteiger partial charge in [0.25, 0.3) is 0 Å². The summed E-state index contributed by atoms with van der Waals surface area (Å²) in [6.07, 6.45) is 2.60. The first kappa shape index (κ1) is 18.9. The lowest BCUT2D eigenvalue weighted by Gasteiger charge is -2.18. The zero-order chi connectivity index (χ0) is 17.0. The standard InChI is InChI=1S/C18H15P.C4H9Br/c1-4-10-16(11-5-1)19(17-12-6-2-7-13-17)18-14-8-3-9-15-18;1-2-3-4-5/h1-15H;2-4H2,1H3. The molecule has 3 rings (SSSR count). The molecular weight excluding hydrogens is 375 g/mol. The molecule has 0 N–H and O–H groups in total. The van der Waals surface area contributed by atoms with E-state index in [-0.39, 0.29) is 0 Å². The van der Waals surface area contributed by atoms with Gasteiger partial charge in [0.1, 0.15) is 0 Å². The number of unbranched alkanes of at least 4 members (excludes halogenated alkanes) is 1. The smallest absolute Gasteiger partial charge is 0.00312 e. The molecular formula is C22H24BrP. The fraction of sp³-hybridized carbons (Fsp3) is 0.182. The van der Waals surface area contributed by atoms with Crippen molar-refractivity contribution >= 4 is 39.8 Å². The SMILES string of the molecule is CCCCBr.c1ccc(P(c2ccccc2)c2ccccc2)cc1. The highest BCUT2D eigenvalue weighted by Gasteiger charge is 2.14. The summed E-state index contributed by atoms with van der Waals surface area (Å²) in [5, 5.41) is 5.35. The third kappa shape index (κ3) is 5.89. The van der Waals surface area contributed by atoms with Gasteiger partial charge in [0.2, 0.25) is 0 Å². The third-order valence-corrected chi connectivity index (χ3v) is 6.53. The quantitative estimate of drug-likeness (QED) is 0.386. The molecule has 124 valence electrons. The maximum atomic E-state index is 3.31. The van der Waals surface area contributed by atoms with E-state index in [4.69, 9.17) is 0 Å². The van der Waals surface area contributed by atoms with E-state index in [0.717, 1.165) is 5.33 Å². The van der Waals surface area contributed by atoms with E-state index < -0.39 is 7.92 Å². The Morgan fingerprint density at radius 3 is 1.17 bits per heavy atom. The van der Waals surface area contributed by atoms with Gasteiger partial charge in [-0.1, -0.05) is 120 Å². The topological polar surface area (TPSA) is 0 Å². The minimum Gasteiger partial charge on any atom is -0.0928 e. The molecule has 0 fully saturated rings. The first-order valence-corrected chi connectivity index (χ1v) is 10.8. The molecule has 0 aromatic heterocycles. The lowest BCUT2D eigenvalue weighted by Crippen LogP contribution is -2.20. The fourth-order valence-electron chi connectivity index (χ4n) is 2.31. The molecule has 0 amide bonds. The van der Waals surface area contributed by atoms with Crippen LogP contribution in [0.2, 0.25) is 0 Å². The van der Waals surface area contributed by atoms with Crippen molar-refractivity contribution in [3.05, 3.63) is 91.0 Å². The molecule has 3 aromatic carbocycles. The van der Waals surface area contributed by atoms with E-state index in [0.29, 0.717) is 0 Å². The van der Waals surface area contributed by atoms with Crippen molar-refractivity contribution in [1.82, 2.24) is 0 Å². The summed E-state index contributed by atoms with van der Waals surface area (Å²) in [6, 6.07) is 32.3. The van der Waals surface area contributed by atoms with Gasteiger partial charge in [-0.25, -0.2) is 0 Å². The van der Waals surface area contributed by atoms with Crippen molar-refractivity contribution in [3.8, 4) is 0 Å². The van der Waals surface area contributed by atoms with Crippen LogP contribution in [0.3, 0.4) is 0 Å². The molecule has 0 bridgehead atoms. The highest BCUT2D eigenvalue weighted by molar-refractivity contribution is 9.09. The van der Waals surface area contributed by atoms with Crippen LogP contribution >= 0.6 is 23.9 Å². The molecule has 0 aliphatic rings. The maximum absolute atomic E-state index is 3.31. The van der Waals surface area contributed by atoms with E-state index in [9.17, 15) is 0 Å². The van der Waals surface area contributed by atoms with Gasteiger partial charge in [0.05, 0.1) is 0 Å². The predicted octanol–water partition coefficient (Wildman–Crippen LogP) is 5.63. The van der Waals surface area contributed by atoms with Crippen molar-refractivity contribution in [3.63, 3.8) is 0 Å². The lowest BCUT2D eigenvalue weighted by atomic mass is 10.4.